The van der Waals surface area contributed by atoms with Crippen molar-refractivity contribution in [1.29, 1.82) is 0 Å². The SMILES string of the molecule is Cc1cc(C)nc(NNC(=O)c2cc(Br)ccc2F)n1. The van der Waals surface area contributed by atoms with E-state index in [0.717, 1.165) is 11.4 Å². The highest BCUT2D eigenvalue weighted by molar-refractivity contribution is 9.10. The van der Waals surface area contributed by atoms with Crippen LogP contribution >= 0.6 is 15.9 Å². The number of carbonyl (C=O) groups is 1. The van der Waals surface area contributed by atoms with Gasteiger partial charge in [-0.1, -0.05) is 15.9 Å². The van der Waals surface area contributed by atoms with Gasteiger partial charge >= 0.3 is 0 Å². The Morgan fingerprint density at radius 1 is 1.20 bits per heavy atom. The minimum Gasteiger partial charge on any atom is -0.267 e. The molecule has 0 aliphatic heterocycles. The minimum absolute atomic E-state index is 0.0729. The van der Waals surface area contributed by atoms with E-state index in [1.807, 2.05) is 13.8 Å². The van der Waals surface area contributed by atoms with Crippen LogP contribution in [0.25, 0.3) is 0 Å². The molecular weight excluding hydrogens is 327 g/mol. The lowest BCUT2D eigenvalue weighted by molar-refractivity contribution is 0.0958. The molecule has 0 fully saturated rings. The number of hydrazine groups is 1. The molecule has 2 rings (SSSR count). The van der Waals surface area contributed by atoms with Gasteiger partial charge in [-0.2, -0.15) is 0 Å². The number of hydrogen-bond acceptors (Lipinski definition) is 4. The monoisotopic (exact) mass is 338 g/mol. The summed E-state index contributed by atoms with van der Waals surface area (Å²) in [5.74, 6) is -0.952. The van der Waals surface area contributed by atoms with Gasteiger partial charge in [-0.25, -0.2) is 14.4 Å². The van der Waals surface area contributed by atoms with Crippen LogP contribution in [0.15, 0.2) is 28.7 Å². The van der Waals surface area contributed by atoms with Gasteiger partial charge in [0.05, 0.1) is 5.56 Å². The number of nitrogens with one attached hydrogen (secondary N) is 2. The zero-order chi connectivity index (χ0) is 14.7. The van der Waals surface area contributed by atoms with E-state index >= 15 is 0 Å². The van der Waals surface area contributed by atoms with Gasteiger partial charge in [0.2, 0.25) is 5.95 Å². The van der Waals surface area contributed by atoms with E-state index in [2.05, 4.69) is 36.7 Å². The number of rotatable bonds is 3. The lowest BCUT2D eigenvalue weighted by Crippen LogP contribution is -2.31. The molecule has 2 aromatic rings. The summed E-state index contributed by atoms with van der Waals surface area (Å²) in [6.07, 6.45) is 0. The van der Waals surface area contributed by atoms with Crippen molar-refractivity contribution in [2.45, 2.75) is 13.8 Å². The lowest BCUT2D eigenvalue weighted by Gasteiger charge is -2.09. The number of hydrogen-bond donors (Lipinski definition) is 2. The molecule has 1 aromatic carbocycles. The van der Waals surface area contributed by atoms with Crippen LogP contribution in [-0.2, 0) is 0 Å². The minimum atomic E-state index is -0.605. The first-order chi connectivity index (χ1) is 9.45. The summed E-state index contributed by atoms with van der Waals surface area (Å²) in [7, 11) is 0. The average Bonchev–Trinajstić information content (AvgIpc) is 2.38. The summed E-state index contributed by atoms with van der Waals surface area (Å²) in [5.41, 5.74) is 6.39. The third-order valence-electron chi connectivity index (χ3n) is 2.44. The van der Waals surface area contributed by atoms with Crippen molar-refractivity contribution < 1.29 is 9.18 Å². The molecule has 0 bridgehead atoms. The normalized spacial score (nSPS) is 10.2. The molecule has 0 spiro atoms. The molecular formula is C13H12BrFN4O. The predicted molar refractivity (Wildman–Crippen MR) is 76.7 cm³/mol. The van der Waals surface area contributed by atoms with Crippen molar-refractivity contribution in [2.24, 2.45) is 0 Å². The molecule has 5 nitrogen and oxygen atoms in total. The topological polar surface area (TPSA) is 66.9 Å². The Hall–Kier alpha value is -2.02. The van der Waals surface area contributed by atoms with Gasteiger partial charge in [-0.15, -0.1) is 0 Å². The molecule has 2 N–H and O–H groups in total. The van der Waals surface area contributed by atoms with Crippen molar-refractivity contribution in [3.05, 3.63) is 51.5 Å². The van der Waals surface area contributed by atoms with E-state index in [1.165, 1.54) is 18.2 Å². The molecule has 1 amide bonds. The van der Waals surface area contributed by atoms with E-state index in [0.29, 0.717) is 4.47 Å². The second kappa shape index (κ2) is 5.96. The van der Waals surface area contributed by atoms with Crippen LogP contribution < -0.4 is 10.9 Å². The molecule has 0 aliphatic carbocycles. The molecule has 1 heterocycles. The number of halogens is 2. The van der Waals surface area contributed by atoms with Crippen LogP contribution in [0.3, 0.4) is 0 Å². The zero-order valence-corrected chi connectivity index (χ0v) is 12.5. The van der Waals surface area contributed by atoms with Crippen LogP contribution in [0.5, 0.6) is 0 Å². The van der Waals surface area contributed by atoms with E-state index in [1.54, 1.807) is 6.07 Å². The van der Waals surface area contributed by atoms with Gasteiger partial charge in [-0.05, 0) is 38.1 Å². The molecule has 104 valence electrons. The van der Waals surface area contributed by atoms with Gasteiger partial charge in [-0.3, -0.25) is 15.6 Å². The first-order valence-electron chi connectivity index (χ1n) is 5.79. The predicted octanol–water partition coefficient (Wildman–Crippen LogP) is 2.75. The third kappa shape index (κ3) is 3.51. The maximum atomic E-state index is 13.5. The van der Waals surface area contributed by atoms with Crippen molar-refractivity contribution in [2.75, 3.05) is 5.43 Å². The Labute approximate surface area is 123 Å². The second-order valence-corrected chi connectivity index (χ2v) is 5.09. The van der Waals surface area contributed by atoms with E-state index in [-0.39, 0.29) is 11.5 Å². The number of aromatic nitrogens is 2. The highest BCUT2D eigenvalue weighted by atomic mass is 79.9. The number of anilines is 1. The summed E-state index contributed by atoms with van der Waals surface area (Å²) in [6, 6.07) is 5.94. The van der Waals surface area contributed by atoms with E-state index < -0.39 is 11.7 Å². The molecule has 20 heavy (non-hydrogen) atoms. The number of nitrogens with zero attached hydrogens (tertiary/aromatic N) is 2. The summed E-state index contributed by atoms with van der Waals surface area (Å²) in [6.45, 7) is 3.63. The van der Waals surface area contributed by atoms with Crippen LogP contribution in [0.4, 0.5) is 10.3 Å². The van der Waals surface area contributed by atoms with Gasteiger partial charge in [0.25, 0.3) is 5.91 Å². The highest BCUT2D eigenvalue weighted by Gasteiger charge is 2.12. The zero-order valence-electron chi connectivity index (χ0n) is 10.9. The summed E-state index contributed by atoms with van der Waals surface area (Å²) < 4.78 is 14.2. The fourth-order valence-electron chi connectivity index (χ4n) is 1.63. The Balaban J connectivity index is 2.10. The fourth-order valence-corrected chi connectivity index (χ4v) is 1.99. The summed E-state index contributed by atoms with van der Waals surface area (Å²) >= 11 is 3.19. The quantitative estimate of drug-likeness (QED) is 0.844. The number of carbonyl (C=O) groups excluding carboxylic acids is 1. The molecule has 7 heteroatoms. The highest BCUT2D eigenvalue weighted by Crippen LogP contribution is 2.15. The maximum Gasteiger partial charge on any atom is 0.272 e. The smallest absolute Gasteiger partial charge is 0.267 e. The Kier molecular flexibility index (Phi) is 4.29. The molecule has 0 saturated carbocycles. The van der Waals surface area contributed by atoms with Crippen LogP contribution in [-0.4, -0.2) is 15.9 Å². The first-order valence-corrected chi connectivity index (χ1v) is 6.58. The fraction of sp³-hybridized carbons (Fsp3) is 0.154. The summed E-state index contributed by atoms with van der Waals surface area (Å²) in [5, 5.41) is 0. The van der Waals surface area contributed by atoms with Crippen molar-refractivity contribution in [3.63, 3.8) is 0 Å². The van der Waals surface area contributed by atoms with Gasteiger partial charge in [0, 0.05) is 15.9 Å². The number of benzene rings is 1. The van der Waals surface area contributed by atoms with Crippen molar-refractivity contribution in [3.8, 4) is 0 Å². The van der Waals surface area contributed by atoms with E-state index in [4.69, 9.17) is 0 Å². The van der Waals surface area contributed by atoms with Gasteiger partial charge in [0.1, 0.15) is 5.82 Å². The number of aryl methyl sites for hydroxylation is 2. The molecule has 0 atom stereocenters. The Bertz CT molecular complexity index is 643. The van der Waals surface area contributed by atoms with Gasteiger partial charge in [0.15, 0.2) is 0 Å². The van der Waals surface area contributed by atoms with Crippen LogP contribution in [0, 0.1) is 19.7 Å². The summed E-state index contributed by atoms with van der Waals surface area (Å²) in [4.78, 5) is 20.1. The first kappa shape index (κ1) is 14.4. The lowest BCUT2D eigenvalue weighted by atomic mass is 10.2. The van der Waals surface area contributed by atoms with Crippen LogP contribution in [0.2, 0.25) is 0 Å². The van der Waals surface area contributed by atoms with Crippen LogP contribution in [0.1, 0.15) is 21.7 Å². The second-order valence-electron chi connectivity index (χ2n) is 4.18. The molecule has 0 aliphatic rings. The van der Waals surface area contributed by atoms with E-state index in [9.17, 15) is 9.18 Å². The average molecular weight is 339 g/mol. The maximum absolute atomic E-state index is 13.5. The number of amides is 1. The largest absolute Gasteiger partial charge is 0.272 e. The molecule has 0 unspecified atom stereocenters. The molecule has 0 saturated heterocycles. The molecule has 1 aromatic heterocycles. The van der Waals surface area contributed by atoms with Gasteiger partial charge < -0.3 is 0 Å². The standard InChI is InChI=1S/C13H12BrFN4O/c1-7-5-8(2)17-13(16-7)19-18-12(20)10-6-9(14)3-4-11(10)15/h3-6H,1-2H3,(H,18,20)(H,16,17,19). The Morgan fingerprint density at radius 2 is 1.85 bits per heavy atom. The Morgan fingerprint density at radius 3 is 2.50 bits per heavy atom. The third-order valence-corrected chi connectivity index (χ3v) is 2.94. The van der Waals surface area contributed by atoms with Crippen molar-refractivity contribution >= 4 is 27.8 Å². The van der Waals surface area contributed by atoms with Crippen molar-refractivity contribution in [1.82, 2.24) is 15.4 Å². The molecule has 0 radical (unpaired) electrons.